The fraction of sp³-hybridized carbons (Fsp3) is 0.308. The number of cyclic esters (lactones) is 1. The number of hydrogen-bond acceptors (Lipinski definition) is 7. The minimum absolute atomic E-state index is 0.0297. The number of rotatable bonds is 5. The number of carbonyl (C=O) groups is 2. The number of hydrogen-bond donors (Lipinski definition) is 1. The molecule has 2 aromatic heterocycles. The molecule has 4 aromatic rings. The molecule has 4 heterocycles. The first-order valence-corrected chi connectivity index (χ1v) is 11.8. The summed E-state index contributed by atoms with van der Waals surface area (Å²) in [5, 5.41) is 3.96. The van der Waals surface area contributed by atoms with Crippen molar-refractivity contribution in [3.8, 4) is 0 Å². The van der Waals surface area contributed by atoms with Gasteiger partial charge in [-0.2, -0.15) is 0 Å². The number of benzene rings is 2. The second-order valence-electron chi connectivity index (χ2n) is 9.04. The predicted octanol–water partition coefficient (Wildman–Crippen LogP) is 4.50. The van der Waals surface area contributed by atoms with Gasteiger partial charge >= 0.3 is 6.09 Å². The van der Waals surface area contributed by atoms with Crippen molar-refractivity contribution in [2.45, 2.75) is 19.8 Å². The fourth-order valence-electron chi connectivity index (χ4n) is 4.92. The summed E-state index contributed by atoms with van der Waals surface area (Å²) in [6.45, 7) is 4.36. The zero-order valence-electron chi connectivity index (χ0n) is 19.4. The van der Waals surface area contributed by atoms with Crippen LogP contribution in [-0.2, 0) is 9.53 Å². The standard InChI is InChI=1S/C26H25N5O4/c1-16-27-23-20-4-2-3-5-21(20)35-24(23)25(28-16)30-11-10-17(15-30)14-22(32)29-18-6-8-19(9-7-18)31-12-13-34-26(31)33/h2-9,17H,10-15H2,1H3,(H,29,32)/t17-/m1/s1. The van der Waals surface area contributed by atoms with Crippen LogP contribution in [0.1, 0.15) is 18.7 Å². The van der Waals surface area contributed by atoms with Gasteiger partial charge in [-0.05, 0) is 55.7 Å². The maximum absolute atomic E-state index is 12.7. The van der Waals surface area contributed by atoms with Gasteiger partial charge in [-0.1, -0.05) is 12.1 Å². The molecule has 2 aromatic carbocycles. The topological polar surface area (TPSA) is 101 Å². The summed E-state index contributed by atoms with van der Waals surface area (Å²) in [5.74, 6) is 1.68. The minimum Gasteiger partial charge on any atom is -0.450 e. The summed E-state index contributed by atoms with van der Waals surface area (Å²) < 4.78 is 11.1. The average molecular weight is 472 g/mol. The van der Waals surface area contributed by atoms with Crippen LogP contribution < -0.4 is 15.1 Å². The van der Waals surface area contributed by atoms with E-state index in [1.54, 1.807) is 4.90 Å². The Morgan fingerprint density at radius 1 is 1.11 bits per heavy atom. The number of nitrogens with one attached hydrogen (secondary N) is 1. The second-order valence-corrected chi connectivity index (χ2v) is 9.04. The molecule has 0 bridgehead atoms. The Labute approximate surface area is 201 Å². The van der Waals surface area contributed by atoms with Crippen LogP contribution >= 0.6 is 0 Å². The molecule has 178 valence electrons. The highest BCUT2D eigenvalue weighted by Gasteiger charge is 2.29. The molecule has 2 fully saturated rings. The Morgan fingerprint density at radius 2 is 1.94 bits per heavy atom. The van der Waals surface area contributed by atoms with Crippen molar-refractivity contribution >= 4 is 51.3 Å². The molecule has 1 atom stereocenters. The molecule has 2 saturated heterocycles. The zero-order valence-corrected chi connectivity index (χ0v) is 19.4. The maximum atomic E-state index is 12.7. The van der Waals surface area contributed by atoms with E-state index < -0.39 is 0 Å². The Morgan fingerprint density at radius 3 is 2.74 bits per heavy atom. The molecule has 9 nitrogen and oxygen atoms in total. The van der Waals surface area contributed by atoms with E-state index in [4.69, 9.17) is 9.15 Å². The molecule has 2 aliphatic heterocycles. The summed E-state index contributed by atoms with van der Waals surface area (Å²) in [4.78, 5) is 37.5. The van der Waals surface area contributed by atoms with Crippen molar-refractivity contribution < 1.29 is 18.7 Å². The highest BCUT2D eigenvalue weighted by atomic mass is 16.6. The first-order chi connectivity index (χ1) is 17.0. The lowest BCUT2D eigenvalue weighted by molar-refractivity contribution is -0.116. The molecule has 6 rings (SSSR count). The maximum Gasteiger partial charge on any atom is 0.414 e. The number of amides is 2. The first kappa shape index (κ1) is 21.4. The van der Waals surface area contributed by atoms with Gasteiger partial charge in [0.1, 0.15) is 23.5 Å². The van der Waals surface area contributed by atoms with Crippen molar-refractivity contribution in [3.63, 3.8) is 0 Å². The van der Waals surface area contributed by atoms with Crippen LogP contribution in [0.3, 0.4) is 0 Å². The molecule has 0 aliphatic carbocycles. The van der Waals surface area contributed by atoms with E-state index in [1.807, 2.05) is 55.5 Å². The van der Waals surface area contributed by atoms with Crippen LogP contribution in [0.4, 0.5) is 22.0 Å². The van der Waals surface area contributed by atoms with Crippen molar-refractivity contribution in [2.75, 3.05) is 41.4 Å². The van der Waals surface area contributed by atoms with E-state index in [0.29, 0.717) is 36.7 Å². The average Bonchev–Trinajstić information content (AvgIpc) is 3.58. The first-order valence-electron chi connectivity index (χ1n) is 11.8. The molecule has 2 aliphatic rings. The van der Waals surface area contributed by atoms with Crippen LogP contribution in [0.25, 0.3) is 22.1 Å². The summed E-state index contributed by atoms with van der Waals surface area (Å²) in [7, 11) is 0. The molecular formula is C26H25N5O4. The number of fused-ring (bicyclic) bond motifs is 3. The Hall–Kier alpha value is -4.14. The Bertz CT molecular complexity index is 1430. The van der Waals surface area contributed by atoms with Gasteiger partial charge in [0, 0.05) is 36.3 Å². The van der Waals surface area contributed by atoms with E-state index in [9.17, 15) is 9.59 Å². The van der Waals surface area contributed by atoms with Crippen LogP contribution in [0.5, 0.6) is 0 Å². The highest BCUT2D eigenvalue weighted by molar-refractivity contribution is 6.05. The third-order valence-corrected chi connectivity index (χ3v) is 6.60. The summed E-state index contributed by atoms with van der Waals surface area (Å²) in [5.41, 5.74) is 3.79. The molecule has 35 heavy (non-hydrogen) atoms. The SMILES string of the molecule is Cc1nc(N2CC[C@H](CC(=O)Nc3ccc(N4CCOC4=O)cc3)C2)c2oc3ccccc3c2n1. The van der Waals surface area contributed by atoms with E-state index in [0.717, 1.165) is 47.5 Å². The Kier molecular flexibility index (Phi) is 5.24. The number of aromatic nitrogens is 2. The number of para-hydroxylation sites is 1. The van der Waals surface area contributed by atoms with Crippen LogP contribution in [-0.4, -0.2) is 48.2 Å². The van der Waals surface area contributed by atoms with E-state index >= 15 is 0 Å². The molecule has 0 saturated carbocycles. The monoisotopic (exact) mass is 471 g/mol. The van der Waals surface area contributed by atoms with Crippen molar-refractivity contribution in [3.05, 3.63) is 54.4 Å². The summed E-state index contributed by atoms with van der Waals surface area (Å²) in [6, 6.07) is 15.1. The summed E-state index contributed by atoms with van der Waals surface area (Å²) in [6.07, 6.45) is 0.976. The third kappa shape index (κ3) is 4.03. The van der Waals surface area contributed by atoms with Gasteiger partial charge in [0.15, 0.2) is 11.4 Å². The molecule has 0 radical (unpaired) electrons. The molecule has 9 heteroatoms. The van der Waals surface area contributed by atoms with Crippen LogP contribution in [0.2, 0.25) is 0 Å². The minimum atomic E-state index is -0.341. The van der Waals surface area contributed by atoms with Gasteiger partial charge in [0.25, 0.3) is 0 Å². The molecular weight excluding hydrogens is 446 g/mol. The van der Waals surface area contributed by atoms with Crippen LogP contribution in [0, 0.1) is 12.8 Å². The number of ether oxygens (including phenoxy) is 1. The number of furan rings is 1. The lowest BCUT2D eigenvalue weighted by Crippen LogP contribution is -2.24. The normalized spacial score (nSPS) is 18.0. The van der Waals surface area contributed by atoms with Crippen molar-refractivity contribution in [2.24, 2.45) is 5.92 Å². The van der Waals surface area contributed by atoms with Crippen molar-refractivity contribution in [1.29, 1.82) is 0 Å². The van der Waals surface area contributed by atoms with E-state index in [-0.39, 0.29) is 17.9 Å². The van der Waals surface area contributed by atoms with Gasteiger partial charge < -0.3 is 19.4 Å². The number of anilines is 3. The number of carbonyl (C=O) groups excluding carboxylic acids is 2. The quantitative estimate of drug-likeness (QED) is 0.457. The number of nitrogens with zero attached hydrogens (tertiary/aromatic N) is 4. The van der Waals surface area contributed by atoms with Crippen LogP contribution in [0.15, 0.2) is 52.9 Å². The molecule has 2 amide bonds. The molecule has 0 unspecified atom stereocenters. The molecule has 0 spiro atoms. The summed E-state index contributed by atoms with van der Waals surface area (Å²) >= 11 is 0. The lowest BCUT2D eigenvalue weighted by atomic mass is 10.0. The number of aryl methyl sites for hydroxylation is 1. The third-order valence-electron chi connectivity index (χ3n) is 6.60. The highest BCUT2D eigenvalue weighted by Crippen LogP contribution is 2.35. The largest absolute Gasteiger partial charge is 0.450 e. The zero-order chi connectivity index (χ0) is 23.9. The van der Waals surface area contributed by atoms with Gasteiger partial charge in [0.2, 0.25) is 5.91 Å². The van der Waals surface area contributed by atoms with E-state index in [2.05, 4.69) is 20.2 Å². The van der Waals surface area contributed by atoms with Gasteiger partial charge in [0.05, 0.1) is 6.54 Å². The van der Waals surface area contributed by atoms with Crippen molar-refractivity contribution in [1.82, 2.24) is 9.97 Å². The molecule has 1 N–H and O–H groups in total. The lowest BCUT2D eigenvalue weighted by Gasteiger charge is -2.18. The van der Waals surface area contributed by atoms with Gasteiger partial charge in [-0.25, -0.2) is 14.8 Å². The van der Waals surface area contributed by atoms with Gasteiger partial charge in [-0.15, -0.1) is 0 Å². The predicted molar refractivity (Wildman–Crippen MR) is 133 cm³/mol. The Balaban J connectivity index is 1.12. The van der Waals surface area contributed by atoms with E-state index in [1.165, 1.54) is 0 Å². The fourth-order valence-corrected chi connectivity index (χ4v) is 4.92. The second kappa shape index (κ2) is 8.57. The van der Waals surface area contributed by atoms with Gasteiger partial charge in [-0.3, -0.25) is 9.69 Å². The smallest absolute Gasteiger partial charge is 0.414 e.